The highest BCUT2D eigenvalue weighted by Crippen LogP contribution is 2.74. The van der Waals surface area contributed by atoms with Crippen molar-refractivity contribution in [2.24, 2.45) is 0 Å². The second-order valence-corrected chi connectivity index (χ2v) is 8.98. The van der Waals surface area contributed by atoms with Crippen molar-refractivity contribution in [3.63, 3.8) is 0 Å². The number of halogens is 1. The molecule has 2 aromatic rings. The summed E-state index contributed by atoms with van der Waals surface area (Å²) in [5.41, 5.74) is -0.529. The first-order chi connectivity index (χ1) is 12.3. The zero-order valence-corrected chi connectivity index (χ0v) is 15.1. The van der Waals surface area contributed by atoms with E-state index in [4.69, 9.17) is 16.3 Å². The van der Waals surface area contributed by atoms with Crippen LogP contribution in [0, 0.1) is 10.1 Å². The van der Waals surface area contributed by atoms with Gasteiger partial charge >= 0.3 is 5.72 Å². The Hall–Kier alpha value is -2.25. The number of carbonyl (C=O) groups excluding carboxylic acids is 1. The van der Waals surface area contributed by atoms with Crippen LogP contribution in [0.1, 0.15) is 24.0 Å². The van der Waals surface area contributed by atoms with Gasteiger partial charge in [0.15, 0.2) is 0 Å². The molecule has 132 valence electrons. The maximum atomic E-state index is 12.9. The van der Waals surface area contributed by atoms with Gasteiger partial charge < -0.3 is 10.1 Å². The van der Waals surface area contributed by atoms with Gasteiger partial charge in [-0.2, -0.15) is 0 Å². The van der Waals surface area contributed by atoms with Gasteiger partial charge in [-0.25, -0.2) is 0 Å². The first-order valence-corrected chi connectivity index (χ1v) is 9.26. The highest BCUT2D eigenvalue weighted by molar-refractivity contribution is 8.03. The Labute approximate surface area is 158 Å². The summed E-state index contributed by atoms with van der Waals surface area (Å²) in [5, 5.41) is 15.8. The van der Waals surface area contributed by atoms with Crippen LogP contribution in [0.3, 0.4) is 0 Å². The van der Waals surface area contributed by atoms with Crippen LogP contribution in [0.5, 0.6) is 5.75 Å². The highest BCUT2D eigenvalue weighted by atomic mass is 35.5. The number of fused-ring (bicyclic) bond motifs is 7. The number of amides is 1. The predicted molar refractivity (Wildman–Crippen MR) is 96.8 cm³/mol. The quantitative estimate of drug-likeness (QED) is 0.630. The average molecular weight is 389 g/mol. The number of nitro groups is 1. The number of para-hydroxylation sites is 1. The lowest BCUT2D eigenvalue weighted by atomic mass is 9.72. The van der Waals surface area contributed by atoms with Gasteiger partial charge in [-0.3, -0.25) is 14.9 Å². The smallest absolute Gasteiger partial charge is 0.408 e. The minimum Gasteiger partial charge on any atom is -0.424 e. The summed E-state index contributed by atoms with van der Waals surface area (Å²) in [5.74, 6) is -0.466. The van der Waals surface area contributed by atoms with E-state index in [9.17, 15) is 14.9 Å². The lowest BCUT2D eigenvalue weighted by Gasteiger charge is -2.39. The summed E-state index contributed by atoms with van der Waals surface area (Å²) in [6, 6.07) is 13.9. The highest BCUT2D eigenvalue weighted by Gasteiger charge is 2.89. The molecule has 8 heteroatoms. The summed E-state index contributed by atoms with van der Waals surface area (Å²) in [4.78, 5) is 23.6. The van der Waals surface area contributed by atoms with Crippen molar-refractivity contribution >= 4 is 29.3 Å². The molecular formula is C18H13ClN2O4S. The number of carbonyl (C=O) groups is 1. The molecule has 0 unspecified atom stereocenters. The van der Waals surface area contributed by atoms with Gasteiger partial charge in [0, 0.05) is 10.6 Å². The summed E-state index contributed by atoms with van der Waals surface area (Å²) in [6.45, 7) is 1.76. The number of benzene rings is 2. The van der Waals surface area contributed by atoms with E-state index in [-0.39, 0.29) is 10.8 Å². The molecule has 0 spiro atoms. The molecule has 4 atom stereocenters. The third kappa shape index (κ3) is 1.55. The number of thioether (sulfide) groups is 1. The summed E-state index contributed by atoms with van der Waals surface area (Å²) >= 11 is 7.26. The summed E-state index contributed by atoms with van der Waals surface area (Å²) in [6.07, 6.45) is 0. The van der Waals surface area contributed by atoms with Gasteiger partial charge in [0.2, 0.25) is 10.8 Å². The topological polar surface area (TPSA) is 81.5 Å². The fraction of sp³-hybridized carbons (Fsp3) is 0.278. The lowest BCUT2D eigenvalue weighted by Crippen LogP contribution is -2.68. The SMILES string of the molecule is C[C@@]12S[C@@](c3ccc(Cl)cc3)(NC1=O)[C@]1([N+](=O)[O-])Oc3ccccc3[C@H]21. The normalized spacial score (nSPS) is 36.2. The second-order valence-electron chi connectivity index (χ2n) is 6.88. The van der Waals surface area contributed by atoms with Crippen LogP contribution in [0.2, 0.25) is 5.02 Å². The Bertz CT molecular complexity index is 983. The molecule has 0 saturated carbocycles. The zero-order valence-electron chi connectivity index (χ0n) is 13.6. The van der Waals surface area contributed by atoms with Crippen molar-refractivity contribution < 1.29 is 14.5 Å². The molecule has 6 nitrogen and oxygen atoms in total. The fourth-order valence-electron chi connectivity index (χ4n) is 4.51. The Morgan fingerprint density at radius 1 is 1.23 bits per heavy atom. The largest absolute Gasteiger partial charge is 0.424 e. The van der Waals surface area contributed by atoms with Gasteiger partial charge in [-0.15, -0.1) is 0 Å². The van der Waals surface area contributed by atoms with Gasteiger partial charge in [-0.1, -0.05) is 53.7 Å². The van der Waals surface area contributed by atoms with Crippen molar-refractivity contribution in [3.05, 3.63) is 74.8 Å². The maximum absolute atomic E-state index is 12.9. The van der Waals surface area contributed by atoms with Gasteiger partial charge in [0.1, 0.15) is 16.4 Å². The molecule has 1 N–H and O–H groups in total. The first-order valence-electron chi connectivity index (χ1n) is 8.06. The molecule has 0 aromatic heterocycles. The second kappa shape index (κ2) is 4.72. The third-order valence-corrected chi connectivity index (χ3v) is 7.60. The van der Waals surface area contributed by atoms with Crippen molar-refractivity contribution in [3.8, 4) is 5.75 Å². The van der Waals surface area contributed by atoms with E-state index >= 15 is 0 Å². The minimum atomic E-state index is -1.82. The van der Waals surface area contributed by atoms with E-state index in [0.717, 1.165) is 0 Å². The van der Waals surface area contributed by atoms with Crippen LogP contribution >= 0.6 is 23.4 Å². The molecule has 3 aliphatic rings. The minimum absolute atomic E-state index is 0.222. The van der Waals surface area contributed by atoms with Crippen LogP contribution < -0.4 is 10.1 Å². The fourth-order valence-corrected chi connectivity index (χ4v) is 6.60. The predicted octanol–water partition coefficient (Wildman–Crippen LogP) is 3.28. The van der Waals surface area contributed by atoms with Crippen LogP contribution in [0.4, 0.5) is 0 Å². The van der Waals surface area contributed by atoms with Crippen LogP contribution in [-0.4, -0.2) is 21.3 Å². The molecule has 2 bridgehead atoms. The molecule has 5 rings (SSSR count). The monoisotopic (exact) mass is 388 g/mol. The number of rotatable bonds is 2. The molecule has 3 heterocycles. The van der Waals surface area contributed by atoms with E-state index in [0.29, 0.717) is 21.9 Å². The van der Waals surface area contributed by atoms with Gasteiger partial charge in [-0.05, 0) is 30.7 Å². The molecule has 2 fully saturated rings. The summed E-state index contributed by atoms with van der Waals surface area (Å²) in [7, 11) is 0. The standard InChI is InChI=1S/C18H13ClN2O4S/c1-16-14-12-4-2-3-5-13(12)25-18(14,21(23)24)17(26-16,20-15(16)22)10-6-8-11(19)9-7-10/h2-9,14H,1H3,(H,20,22)/t14-,16+,17-,18-/m1/s1. The Kier molecular flexibility index (Phi) is 2.90. The maximum Gasteiger partial charge on any atom is 0.408 e. The van der Waals surface area contributed by atoms with E-state index in [2.05, 4.69) is 5.32 Å². The third-order valence-electron chi connectivity index (χ3n) is 5.57. The van der Waals surface area contributed by atoms with Gasteiger partial charge in [0.05, 0.1) is 4.92 Å². The molecule has 1 amide bonds. The van der Waals surface area contributed by atoms with Crippen molar-refractivity contribution in [2.75, 3.05) is 0 Å². The molecular weight excluding hydrogens is 376 g/mol. The number of piperidine rings is 1. The van der Waals surface area contributed by atoms with Crippen molar-refractivity contribution in [2.45, 2.75) is 28.2 Å². The number of nitrogens with one attached hydrogen (secondary N) is 1. The number of hydrogen-bond donors (Lipinski definition) is 1. The summed E-state index contributed by atoms with van der Waals surface area (Å²) < 4.78 is 5.03. The Morgan fingerprint density at radius 2 is 1.92 bits per heavy atom. The molecule has 2 aromatic carbocycles. The molecule has 2 saturated heterocycles. The Balaban J connectivity index is 1.83. The number of ether oxygens (including phenoxy) is 1. The van der Waals surface area contributed by atoms with Crippen LogP contribution in [0.25, 0.3) is 0 Å². The zero-order chi connectivity index (χ0) is 18.3. The number of nitrogens with zero attached hydrogens (tertiary/aromatic N) is 1. The number of hydrogen-bond acceptors (Lipinski definition) is 5. The molecule has 26 heavy (non-hydrogen) atoms. The molecule has 3 aliphatic heterocycles. The van der Waals surface area contributed by atoms with Gasteiger partial charge in [0.25, 0.3) is 0 Å². The average Bonchev–Trinajstić information content (AvgIpc) is 3.18. The van der Waals surface area contributed by atoms with Crippen LogP contribution in [0.15, 0.2) is 48.5 Å². The molecule has 0 aliphatic carbocycles. The van der Waals surface area contributed by atoms with Crippen molar-refractivity contribution in [1.82, 2.24) is 5.32 Å². The van der Waals surface area contributed by atoms with Crippen molar-refractivity contribution in [1.29, 1.82) is 0 Å². The molecule has 0 radical (unpaired) electrons. The first kappa shape index (κ1) is 16.0. The lowest BCUT2D eigenvalue weighted by molar-refractivity contribution is -0.627. The Morgan fingerprint density at radius 3 is 2.62 bits per heavy atom. The van der Waals surface area contributed by atoms with E-state index < -0.39 is 21.3 Å². The van der Waals surface area contributed by atoms with E-state index in [1.807, 2.05) is 6.07 Å². The van der Waals surface area contributed by atoms with E-state index in [1.165, 1.54) is 11.8 Å². The van der Waals surface area contributed by atoms with Crippen LogP contribution in [-0.2, 0) is 9.67 Å². The van der Waals surface area contributed by atoms with E-state index in [1.54, 1.807) is 49.4 Å².